The molecule has 1 saturated heterocycles. The first-order valence-electron chi connectivity index (χ1n) is 8.54. The molecule has 1 aromatic rings. The van der Waals surface area contributed by atoms with E-state index in [0.29, 0.717) is 6.61 Å². The Labute approximate surface area is 153 Å². The summed E-state index contributed by atoms with van der Waals surface area (Å²) >= 11 is 1.36. The van der Waals surface area contributed by atoms with Crippen LogP contribution in [0.15, 0.2) is 35.9 Å². The molecule has 25 heavy (non-hydrogen) atoms. The zero-order valence-electron chi connectivity index (χ0n) is 14.9. The summed E-state index contributed by atoms with van der Waals surface area (Å²) in [5, 5.41) is 0.157. The van der Waals surface area contributed by atoms with Crippen molar-refractivity contribution in [1.29, 1.82) is 0 Å². The number of rotatable bonds is 6. The maximum atomic E-state index is 12.5. The summed E-state index contributed by atoms with van der Waals surface area (Å²) in [5.41, 5.74) is 2.74. The van der Waals surface area contributed by atoms with Crippen LogP contribution in [0.25, 0.3) is 0 Å². The minimum absolute atomic E-state index is 0.0949. The van der Waals surface area contributed by atoms with E-state index in [9.17, 15) is 9.59 Å². The third kappa shape index (κ3) is 3.98. The van der Waals surface area contributed by atoms with Crippen LogP contribution in [0.4, 0.5) is 0 Å². The molecule has 2 fully saturated rings. The number of carbonyl (C=O) groups is 2. The zero-order valence-corrected chi connectivity index (χ0v) is 15.7. The van der Waals surface area contributed by atoms with Crippen LogP contribution in [0.3, 0.4) is 0 Å². The van der Waals surface area contributed by atoms with Gasteiger partial charge >= 0.3 is 5.97 Å². The monoisotopic (exact) mass is 360 g/mol. The van der Waals surface area contributed by atoms with Crippen molar-refractivity contribution < 1.29 is 19.1 Å². The third-order valence-corrected chi connectivity index (χ3v) is 6.03. The van der Waals surface area contributed by atoms with Crippen molar-refractivity contribution in [3.63, 3.8) is 0 Å². The molecule has 1 heterocycles. The van der Waals surface area contributed by atoms with Gasteiger partial charge in [0.2, 0.25) is 5.12 Å². The van der Waals surface area contributed by atoms with Gasteiger partial charge in [-0.05, 0) is 28.9 Å². The molecule has 0 spiro atoms. The SMILES string of the molecule is COCc1cccc(COC(=O)C2C(/C=C3\CCSC3=O)C2(C)C)c1. The largest absolute Gasteiger partial charge is 0.461 e. The van der Waals surface area contributed by atoms with Crippen LogP contribution in [-0.4, -0.2) is 23.9 Å². The average molecular weight is 360 g/mol. The van der Waals surface area contributed by atoms with Crippen molar-refractivity contribution in [2.75, 3.05) is 12.9 Å². The van der Waals surface area contributed by atoms with Crippen LogP contribution in [-0.2, 0) is 32.3 Å². The molecule has 2 aliphatic rings. The van der Waals surface area contributed by atoms with Gasteiger partial charge in [0.05, 0.1) is 12.5 Å². The van der Waals surface area contributed by atoms with E-state index in [2.05, 4.69) is 13.8 Å². The van der Waals surface area contributed by atoms with Crippen molar-refractivity contribution in [2.45, 2.75) is 33.5 Å². The molecule has 0 amide bonds. The van der Waals surface area contributed by atoms with E-state index < -0.39 is 0 Å². The first kappa shape index (κ1) is 18.2. The molecule has 0 radical (unpaired) electrons. The second kappa shape index (κ2) is 7.34. The topological polar surface area (TPSA) is 52.6 Å². The van der Waals surface area contributed by atoms with Crippen LogP contribution >= 0.6 is 11.8 Å². The number of ether oxygens (including phenoxy) is 2. The average Bonchev–Trinajstić information content (AvgIpc) is 2.88. The second-order valence-corrected chi connectivity index (χ2v) is 8.33. The van der Waals surface area contributed by atoms with Crippen LogP contribution in [0.5, 0.6) is 0 Å². The quantitative estimate of drug-likeness (QED) is 0.571. The van der Waals surface area contributed by atoms with E-state index >= 15 is 0 Å². The van der Waals surface area contributed by atoms with Crippen LogP contribution in [0.2, 0.25) is 0 Å². The fraction of sp³-hybridized carbons (Fsp3) is 0.500. The van der Waals surface area contributed by atoms with Gasteiger partial charge < -0.3 is 9.47 Å². The van der Waals surface area contributed by atoms with E-state index in [-0.39, 0.29) is 34.9 Å². The second-order valence-electron chi connectivity index (χ2n) is 7.26. The predicted molar refractivity (Wildman–Crippen MR) is 97.9 cm³/mol. The van der Waals surface area contributed by atoms with Crippen LogP contribution in [0, 0.1) is 17.3 Å². The Hall–Kier alpha value is -1.59. The highest BCUT2D eigenvalue weighted by Gasteiger charge is 2.61. The van der Waals surface area contributed by atoms with Crippen LogP contribution < -0.4 is 0 Å². The Morgan fingerprint density at radius 3 is 2.68 bits per heavy atom. The van der Waals surface area contributed by atoms with Crippen molar-refractivity contribution in [3.8, 4) is 0 Å². The van der Waals surface area contributed by atoms with Gasteiger partial charge in [-0.2, -0.15) is 0 Å². The highest BCUT2D eigenvalue weighted by molar-refractivity contribution is 8.14. The van der Waals surface area contributed by atoms with Crippen molar-refractivity contribution >= 4 is 22.8 Å². The highest BCUT2D eigenvalue weighted by atomic mass is 32.2. The fourth-order valence-electron chi connectivity index (χ4n) is 3.48. The minimum Gasteiger partial charge on any atom is -0.461 e. The lowest BCUT2D eigenvalue weighted by atomic mass is 10.1. The normalized spacial score (nSPS) is 26.0. The Balaban J connectivity index is 1.60. The molecular weight excluding hydrogens is 336 g/mol. The van der Waals surface area contributed by atoms with Gasteiger partial charge in [0.15, 0.2) is 0 Å². The third-order valence-electron chi connectivity index (χ3n) is 5.10. The molecule has 0 bridgehead atoms. The smallest absolute Gasteiger partial charge is 0.310 e. The van der Waals surface area contributed by atoms with Crippen molar-refractivity contribution in [2.24, 2.45) is 17.3 Å². The Kier molecular flexibility index (Phi) is 5.35. The summed E-state index contributed by atoms with van der Waals surface area (Å²) in [6, 6.07) is 7.86. The van der Waals surface area contributed by atoms with E-state index in [0.717, 1.165) is 28.9 Å². The number of carbonyl (C=O) groups excluding carboxylic acids is 2. The molecule has 0 aromatic heterocycles. The summed E-state index contributed by atoms with van der Waals surface area (Å²) < 4.78 is 10.7. The molecule has 0 N–H and O–H groups in total. The number of methoxy groups -OCH3 is 1. The van der Waals surface area contributed by atoms with Gasteiger partial charge in [-0.25, -0.2) is 0 Å². The number of allylic oxidation sites excluding steroid dienone is 1. The Morgan fingerprint density at radius 2 is 2.04 bits per heavy atom. The lowest BCUT2D eigenvalue weighted by Gasteiger charge is -2.07. The van der Waals surface area contributed by atoms with Gasteiger partial charge in [0.1, 0.15) is 6.61 Å². The molecule has 1 saturated carbocycles. The lowest BCUT2D eigenvalue weighted by Crippen LogP contribution is -2.10. The standard InChI is InChI=1S/C20H24O4S/c1-20(2)16(10-15-7-8-25-19(15)22)17(20)18(21)24-12-14-6-4-5-13(9-14)11-23-3/h4-6,9-10,16-17H,7-8,11-12H2,1-3H3/b15-10+. The van der Waals surface area contributed by atoms with E-state index in [4.69, 9.17) is 9.47 Å². The van der Waals surface area contributed by atoms with Gasteiger partial charge in [-0.3, -0.25) is 9.59 Å². The first-order valence-corrected chi connectivity index (χ1v) is 9.53. The van der Waals surface area contributed by atoms with Crippen LogP contribution in [0.1, 0.15) is 31.4 Å². The van der Waals surface area contributed by atoms with Gasteiger partial charge in [0, 0.05) is 18.4 Å². The van der Waals surface area contributed by atoms with Crippen molar-refractivity contribution in [1.82, 2.24) is 0 Å². The molecule has 5 heteroatoms. The Bertz CT molecular complexity index is 707. The zero-order chi connectivity index (χ0) is 18.0. The van der Waals surface area contributed by atoms with Crippen molar-refractivity contribution in [3.05, 3.63) is 47.0 Å². The van der Waals surface area contributed by atoms with Gasteiger partial charge in [-0.15, -0.1) is 0 Å². The fourth-order valence-corrected chi connectivity index (χ4v) is 4.34. The Morgan fingerprint density at radius 1 is 1.32 bits per heavy atom. The molecular formula is C20H24O4S. The number of benzene rings is 1. The van der Waals surface area contributed by atoms with Gasteiger partial charge in [-0.1, -0.05) is 56.0 Å². The molecule has 1 aliphatic carbocycles. The summed E-state index contributed by atoms with van der Waals surface area (Å²) in [6.45, 7) is 4.93. The summed E-state index contributed by atoms with van der Waals surface area (Å²) in [4.78, 5) is 24.3. The summed E-state index contributed by atoms with van der Waals surface area (Å²) in [5.74, 6) is 0.602. The maximum Gasteiger partial charge on any atom is 0.310 e. The summed E-state index contributed by atoms with van der Waals surface area (Å²) in [6.07, 6.45) is 2.82. The number of thioether (sulfide) groups is 1. The number of hydrogen-bond acceptors (Lipinski definition) is 5. The van der Waals surface area contributed by atoms with Gasteiger partial charge in [0.25, 0.3) is 0 Å². The highest BCUT2D eigenvalue weighted by Crippen LogP contribution is 2.60. The molecule has 1 aliphatic heterocycles. The number of hydrogen-bond donors (Lipinski definition) is 0. The van der Waals surface area contributed by atoms with E-state index in [1.165, 1.54) is 11.8 Å². The molecule has 3 rings (SSSR count). The molecule has 2 unspecified atom stereocenters. The predicted octanol–water partition coefficient (Wildman–Crippen LogP) is 3.74. The lowest BCUT2D eigenvalue weighted by molar-refractivity contribution is -0.147. The summed E-state index contributed by atoms with van der Waals surface area (Å²) in [7, 11) is 1.66. The van der Waals surface area contributed by atoms with E-state index in [1.807, 2.05) is 30.3 Å². The molecule has 1 aromatic carbocycles. The molecule has 4 nitrogen and oxygen atoms in total. The first-order chi connectivity index (χ1) is 11.9. The minimum atomic E-state index is -0.179. The maximum absolute atomic E-state index is 12.5. The number of esters is 1. The molecule has 2 atom stereocenters. The van der Waals surface area contributed by atoms with E-state index in [1.54, 1.807) is 7.11 Å². The molecule has 134 valence electrons.